The lowest BCUT2D eigenvalue weighted by Crippen LogP contribution is -2.44. The van der Waals surface area contributed by atoms with Crippen molar-refractivity contribution in [2.24, 2.45) is 0 Å². The molecule has 0 bridgehead atoms. The maximum absolute atomic E-state index is 13.7. The van der Waals surface area contributed by atoms with Crippen LogP contribution in [0, 0.1) is 6.92 Å². The first-order valence-corrected chi connectivity index (χ1v) is 13.9. The zero-order valence-electron chi connectivity index (χ0n) is 23.2. The number of anilines is 1. The van der Waals surface area contributed by atoms with Gasteiger partial charge in [0.25, 0.3) is 0 Å². The number of fused-ring (bicyclic) bond motifs is 1. The van der Waals surface area contributed by atoms with E-state index < -0.39 is 0 Å². The number of rotatable bonds is 12. The average molecular weight is 558 g/mol. The van der Waals surface area contributed by atoms with Crippen LogP contribution in [0.5, 0.6) is 11.5 Å². The number of ether oxygens (including phenoxy) is 2. The van der Waals surface area contributed by atoms with Crippen molar-refractivity contribution in [1.29, 1.82) is 0 Å². The number of nitrogens with zero attached hydrogens (tertiary/aromatic N) is 2. The molecule has 40 heavy (non-hydrogen) atoms. The number of amides is 3. The molecule has 4 aromatic rings. The minimum Gasteiger partial charge on any atom is -0.493 e. The number of hydrogen-bond acceptors (Lipinski definition) is 5. The van der Waals surface area contributed by atoms with Gasteiger partial charge in [-0.05, 0) is 54.6 Å². The van der Waals surface area contributed by atoms with Crippen LogP contribution in [-0.4, -0.2) is 55.6 Å². The summed E-state index contributed by atoms with van der Waals surface area (Å²) in [5.41, 5.74) is 1.72. The minimum atomic E-state index is -0.351. The van der Waals surface area contributed by atoms with Gasteiger partial charge in [0.05, 0.1) is 26.5 Å². The van der Waals surface area contributed by atoms with Crippen molar-refractivity contribution >= 4 is 39.7 Å². The monoisotopic (exact) mass is 557 g/mol. The van der Waals surface area contributed by atoms with Gasteiger partial charge in [0.15, 0.2) is 11.5 Å². The summed E-state index contributed by atoms with van der Waals surface area (Å²) in [7, 11) is 3.21. The van der Waals surface area contributed by atoms with E-state index in [-0.39, 0.29) is 25.0 Å². The maximum atomic E-state index is 13.7. The van der Waals surface area contributed by atoms with Gasteiger partial charge in [0.1, 0.15) is 6.54 Å². The number of nitrogens with one attached hydrogen (secondary N) is 1. The standard InChI is InChI=1S/C32H35N3O4S/c1-5-18-35(32(37)33-28-12-8-10-25-9-6-7-11-27(25)28)22-31(36)34(21-26-15-13-23(2)40-26)19-17-24-14-16-29(38-3)30(20-24)39-4/h5-16,20H,1,17-19,21-22H2,2-4H3,(H,33,37). The summed E-state index contributed by atoms with van der Waals surface area (Å²) in [5.74, 6) is 1.17. The number of thiophene rings is 1. The summed E-state index contributed by atoms with van der Waals surface area (Å²) < 4.78 is 10.8. The second-order valence-electron chi connectivity index (χ2n) is 9.39. The quantitative estimate of drug-likeness (QED) is 0.201. The molecule has 3 amide bonds. The third-order valence-electron chi connectivity index (χ3n) is 6.61. The first kappa shape index (κ1) is 28.7. The van der Waals surface area contributed by atoms with E-state index in [1.165, 1.54) is 9.78 Å². The van der Waals surface area contributed by atoms with Crippen molar-refractivity contribution in [2.75, 3.05) is 39.2 Å². The van der Waals surface area contributed by atoms with Crippen LogP contribution in [0.1, 0.15) is 15.3 Å². The van der Waals surface area contributed by atoms with Crippen molar-refractivity contribution < 1.29 is 19.1 Å². The van der Waals surface area contributed by atoms with Crippen LogP contribution in [0.3, 0.4) is 0 Å². The van der Waals surface area contributed by atoms with E-state index >= 15 is 0 Å². The van der Waals surface area contributed by atoms with Crippen LogP contribution in [0.4, 0.5) is 10.5 Å². The lowest BCUT2D eigenvalue weighted by Gasteiger charge is -2.27. The summed E-state index contributed by atoms with van der Waals surface area (Å²) in [6.45, 7) is 6.97. The Bertz CT molecular complexity index is 1480. The van der Waals surface area contributed by atoms with Crippen LogP contribution in [0.15, 0.2) is 85.5 Å². The third kappa shape index (κ3) is 7.21. The molecule has 0 aliphatic rings. The molecule has 0 fully saturated rings. The fraction of sp³-hybridized carbons (Fsp3) is 0.250. The molecule has 0 saturated carbocycles. The number of carbonyl (C=O) groups is 2. The summed E-state index contributed by atoms with van der Waals surface area (Å²) in [4.78, 5) is 32.6. The smallest absolute Gasteiger partial charge is 0.322 e. The van der Waals surface area contributed by atoms with Crippen LogP contribution < -0.4 is 14.8 Å². The molecule has 7 nitrogen and oxygen atoms in total. The zero-order chi connectivity index (χ0) is 28.5. The van der Waals surface area contributed by atoms with Crippen molar-refractivity contribution in [1.82, 2.24) is 9.80 Å². The number of benzene rings is 3. The SMILES string of the molecule is C=CCN(CC(=O)N(CCc1ccc(OC)c(OC)c1)Cc1ccc(C)s1)C(=O)Nc1cccc2ccccc12. The Labute approximate surface area is 239 Å². The van der Waals surface area contributed by atoms with E-state index in [1.54, 1.807) is 31.6 Å². The maximum Gasteiger partial charge on any atom is 0.322 e. The molecule has 0 unspecified atom stereocenters. The Morgan fingerprint density at radius 1 is 0.950 bits per heavy atom. The first-order chi connectivity index (χ1) is 19.4. The molecule has 1 aromatic heterocycles. The summed E-state index contributed by atoms with van der Waals surface area (Å²) >= 11 is 1.66. The lowest BCUT2D eigenvalue weighted by molar-refractivity contribution is -0.132. The highest BCUT2D eigenvalue weighted by atomic mass is 32.1. The number of carbonyl (C=O) groups excluding carboxylic acids is 2. The van der Waals surface area contributed by atoms with Gasteiger partial charge in [0.2, 0.25) is 5.91 Å². The largest absolute Gasteiger partial charge is 0.493 e. The predicted molar refractivity (Wildman–Crippen MR) is 162 cm³/mol. The number of aryl methyl sites for hydroxylation is 1. The summed E-state index contributed by atoms with van der Waals surface area (Å²) in [6, 6.07) is 23.1. The van der Waals surface area contributed by atoms with Crippen LogP contribution >= 0.6 is 11.3 Å². The van der Waals surface area contributed by atoms with E-state index in [2.05, 4.69) is 18.0 Å². The van der Waals surface area contributed by atoms with E-state index in [0.29, 0.717) is 36.7 Å². The normalized spacial score (nSPS) is 10.7. The second-order valence-corrected chi connectivity index (χ2v) is 10.8. The molecule has 0 saturated heterocycles. The fourth-order valence-corrected chi connectivity index (χ4v) is 5.42. The predicted octanol–water partition coefficient (Wildman–Crippen LogP) is 6.52. The fourth-order valence-electron chi connectivity index (χ4n) is 4.52. The molecule has 1 N–H and O–H groups in total. The molecule has 0 atom stereocenters. The van der Waals surface area contributed by atoms with Crippen LogP contribution in [0.25, 0.3) is 10.8 Å². The van der Waals surface area contributed by atoms with Gasteiger partial charge in [-0.25, -0.2) is 4.79 Å². The van der Waals surface area contributed by atoms with Crippen LogP contribution in [-0.2, 0) is 17.8 Å². The lowest BCUT2D eigenvalue weighted by atomic mass is 10.1. The third-order valence-corrected chi connectivity index (χ3v) is 7.59. The highest BCUT2D eigenvalue weighted by Gasteiger charge is 2.22. The average Bonchev–Trinajstić information content (AvgIpc) is 3.39. The van der Waals surface area contributed by atoms with Crippen molar-refractivity contribution in [3.8, 4) is 11.5 Å². The van der Waals surface area contributed by atoms with Gasteiger partial charge < -0.3 is 24.6 Å². The molecule has 208 valence electrons. The van der Waals surface area contributed by atoms with E-state index in [4.69, 9.17) is 9.47 Å². The Balaban J connectivity index is 1.50. The number of methoxy groups -OCH3 is 2. The summed E-state index contributed by atoms with van der Waals surface area (Å²) in [6.07, 6.45) is 2.26. The molecule has 0 spiro atoms. The second kappa shape index (κ2) is 13.7. The molecule has 1 heterocycles. The van der Waals surface area contributed by atoms with Gasteiger partial charge >= 0.3 is 6.03 Å². The Morgan fingerprint density at radius 2 is 1.73 bits per heavy atom. The van der Waals surface area contributed by atoms with Crippen LogP contribution in [0.2, 0.25) is 0 Å². The van der Waals surface area contributed by atoms with E-state index in [0.717, 1.165) is 21.2 Å². The van der Waals surface area contributed by atoms with Crippen molar-refractivity contribution in [2.45, 2.75) is 19.9 Å². The Hall–Kier alpha value is -4.30. The van der Waals surface area contributed by atoms with Crippen molar-refractivity contribution in [3.63, 3.8) is 0 Å². The zero-order valence-corrected chi connectivity index (χ0v) is 24.0. The molecule has 0 aliphatic carbocycles. The molecule has 4 rings (SSSR count). The Kier molecular flexibility index (Phi) is 9.81. The van der Waals surface area contributed by atoms with Gasteiger partial charge in [-0.15, -0.1) is 17.9 Å². The number of hydrogen-bond donors (Lipinski definition) is 1. The Morgan fingerprint density at radius 3 is 2.45 bits per heavy atom. The number of urea groups is 1. The van der Waals surface area contributed by atoms with E-state index in [9.17, 15) is 9.59 Å². The first-order valence-electron chi connectivity index (χ1n) is 13.1. The highest BCUT2D eigenvalue weighted by molar-refractivity contribution is 7.11. The summed E-state index contributed by atoms with van der Waals surface area (Å²) in [5, 5.41) is 4.96. The minimum absolute atomic E-state index is 0.0705. The molecular formula is C32H35N3O4S. The van der Waals surface area contributed by atoms with Crippen molar-refractivity contribution in [3.05, 3.63) is 101 Å². The van der Waals surface area contributed by atoms with Gasteiger partial charge in [-0.3, -0.25) is 4.79 Å². The van der Waals surface area contributed by atoms with Gasteiger partial charge in [-0.2, -0.15) is 0 Å². The highest BCUT2D eigenvalue weighted by Crippen LogP contribution is 2.28. The topological polar surface area (TPSA) is 71.1 Å². The molecule has 3 aromatic carbocycles. The molecular weight excluding hydrogens is 522 g/mol. The molecule has 0 aliphatic heterocycles. The van der Waals surface area contributed by atoms with Gasteiger partial charge in [0, 0.05) is 28.2 Å². The van der Waals surface area contributed by atoms with E-state index in [1.807, 2.05) is 78.6 Å². The molecule has 8 heteroatoms. The molecule has 0 radical (unpaired) electrons. The van der Waals surface area contributed by atoms with Gasteiger partial charge in [-0.1, -0.05) is 48.5 Å².